The minimum absolute atomic E-state index is 0.0983. The molecule has 4 atom stereocenters. The highest BCUT2D eigenvalue weighted by molar-refractivity contribution is 6.30. The van der Waals surface area contributed by atoms with Gasteiger partial charge in [-0.05, 0) is 135 Å². The largest absolute Gasteiger partial charge is 0.493 e. The summed E-state index contributed by atoms with van der Waals surface area (Å²) in [6.07, 6.45) is 4.85. The predicted molar refractivity (Wildman–Crippen MR) is 264 cm³/mol. The third-order valence-corrected chi connectivity index (χ3v) is 13.1. The van der Waals surface area contributed by atoms with Crippen molar-refractivity contribution >= 4 is 29.6 Å². The lowest BCUT2D eigenvalue weighted by atomic mass is 9.90. The van der Waals surface area contributed by atoms with Crippen LogP contribution in [0.1, 0.15) is 53.3 Å². The third kappa shape index (κ3) is 13.0. The number of amides is 1. The quantitative estimate of drug-likeness (QED) is 0.0885. The van der Waals surface area contributed by atoms with E-state index in [1.807, 2.05) is 123 Å². The number of carbonyl (C=O) groups is 3. The number of carboxylic acid groups (broad SMARTS) is 2. The maximum atomic E-state index is 12.7. The summed E-state index contributed by atoms with van der Waals surface area (Å²) in [5.41, 5.74) is 5.80. The molecule has 1 aliphatic carbocycles. The van der Waals surface area contributed by atoms with Crippen LogP contribution in [0.5, 0.6) is 17.2 Å². The fourth-order valence-electron chi connectivity index (χ4n) is 9.09. The number of likely N-dealkylation sites (tertiary alicyclic amines) is 1. The SMILES string of the molecule is Cc1oc(-c2ccccc2)nc1CCOc1ccc(C[C@@H]2CCC[C@@H]2C(=O)O)cc1.Cc1oc(-c2ccccc2)nc1CCOc1ccc(C[C@@H]2CN(C(=O)Oc3ccc(Cl)cc3)C[C@@H]2C(=O)O)cc1. The van der Waals surface area contributed by atoms with Crippen LogP contribution in [0.2, 0.25) is 5.02 Å². The normalized spacial score (nSPS) is 17.4. The maximum Gasteiger partial charge on any atom is 0.415 e. The lowest BCUT2D eigenvalue weighted by molar-refractivity contribution is -0.143. The highest BCUT2D eigenvalue weighted by atomic mass is 35.5. The van der Waals surface area contributed by atoms with Gasteiger partial charge in [-0.25, -0.2) is 14.8 Å². The van der Waals surface area contributed by atoms with E-state index in [1.165, 1.54) is 10.5 Å². The number of nitrogens with zero attached hydrogens (tertiary/aromatic N) is 3. The second-order valence-electron chi connectivity index (χ2n) is 17.7. The molecule has 2 aromatic heterocycles. The van der Waals surface area contributed by atoms with Crippen LogP contribution in [0, 0.1) is 37.5 Å². The molecule has 3 heterocycles. The molecule has 362 valence electrons. The van der Waals surface area contributed by atoms with Crippen molar-refractivity contribution in [2.45, 2.75) is 58.8 Å². The number of carbonyl (C=O) groups excluding carboxylic acids is 1. The van der Waals surface area contributed by atoms with E-state index in [-0.39, 0.29) is 24.3 Å². The molecule has 1 saturated heterocycles. The summed E-state index contributed by atoms with van der Waals surface area (Å²) >= 11 is 5.88. The van der Waals surface area contributed by atoms with Crippen molar-refractivity contribution < 1.29 is 47.6 Å². The minimum Gasteiger partial charge on any atom is -0.493 e. The van der Waals surface area contributed by atoms with Crippen molar-refractivity contribution in [2.24, 2.45) is 23.7 Å². The maximum absolute atomic E-state index is 12.7. The standard InChI is InChI=1S/C31H29ClN2O6.C25H27NO4/c1-20-28(33-29(39-20)22-5-3-2-4-6-22)15-16-38-25-11-7-21(8-12-25)17-23-18-34(19-27(23)30(35)36)31(37)40-26-13-9-24(32)10-14-26;1-17-23(26-24(30-17)19-6-3-2-4-7-19)14-15-29-21-12-10-18(11-13-21)16-20-8-5-9-22(20)25(27)28/h2-14,23,27H,15-19H2,1H3,(H,35,36);2-4,6-7,10-13,20,22H,5,8-9,14-16H2,1H3,(H,27,28)/t23-,27+;20-,22-/m10/s1. The van der Waals surface area contributed by atoms with Crippen LogP contribution in [0.4, 0.5) is 4.79 Å². The average Bonchev–Trinajstić information content (AvgIpc) is 4.19. The molecule has 2 fully saturated rings. The van der Waals surface area contributed by atoms with E-state index >= 15 is 0 Å². The second-order valence-corrected chi connectivity index (χ2v) is 18.2. The molecule has 7 aromatic rings. The van der Waals surface area contributed by atoms with E-state index < -0.39 is 23.9 Å². The van der Waals surface area contributed by atoms with Crippen LogP contribution in [0.3, 0.4) is 0 Å². The summed E-state index contributed by atoms with van der Waals surface area (Å²) in [4.78, 5) is 46.6. The summed E-state index contributed by atoms with van der Waals surface area (Å²) in [7, 11) is 0. The van der Waals surface area contributed by atoms with Gasteiger partial charge in [-0.15, -0.1) is 0 Å². The number of aromatic nitrogens is 2. The first-order valence-electron chi connectivity index (χ1n) is 23.6. The zero-order valence-corrected chi connectivity index (χ0v) is 39.9. The number of benzene rings is 5. The Morgan fingerprint density at radius 1 is 0.600 bits per heavy atom. The third-order valence-electron chi connectivity index (χ3n) is 12.9. The number of carboxylic acids is 2. The van der Waals surface area contributed by atoms with E-state index in [9.17, 15) is 24.6 Å². The number of aliphatic carboxylic acids is 2. The molecule has 0 radical (unpaired) electrons. The van der Waals surface area contributed by atoms with E-state index in [0.29, 0.717) is 67.3 Å². The predicted octanol–water partition coefficient (Wildman–Crippen LogP) is 11.6. The second kappa shape index (κ2) is 23.3. The van der Waals surface area contributed by atoms with Gasteiger partial charge in [0.25, 0.3) is 0 Å². The molecule has 5 aromatic carbocycles. The van der Waals surface area contributed by atoms with Crippen molar-refractivity contribution in [1.82, 2.24) is 14.9 Å². The number of ether oxygens (including phenoxy) is 3. The highest BCUT2D eigenvalue weighted by Gasteiger charge is 2.40. The Morgan fingerprint density at radius 3 is 1.56 bits per heavy atom. The molecule has 1 amide bonds. The number of oxazole rings is 2. The number of aryl methyl sites for hydroxylation is 2. The van der Waals surface area contributed by atoms with Crippen molar-refractivity contribution in [3.8, 4) is 40.2 Å². The number of rotatable bonds is 17. The van der Waals surface area contributed by atoms with Gasteiger partial charge in [-0.3, -0.25) is 9.59 Å². The van der Waals surface area contributed by atoms with Gasteiger partial charge in [0.05, 0.1) is 36.4 Å². The van der Waals surface area contributed by atoms with Gasteiger partial charge in [-0.1, -0.05) is 78.7 Å². The van der Waals surface area contributed by atoms with E-state index in [0.717, 1.165) is 71.0 Å². The van der Waals surface area contributed by atoms with Gasteiger partial charge < -0.3 is 38.2 Å². The number of hydrogen-bond acceptors (Lipinski definition) is 10. The molecule has 1 aliphatic heterocycles. The summed E-state index contributed by atoms with van der Waals surface area (Å²) in [6.45, 7) is 5.18. The molecule has 2 aliphatic rings. The summed E-state index contributed by atoms with van der Waals surface area (Å²) in [5.74, 6) is 2.24. The van der Waals surface area contributed by atoms with Crippen LogP contribution in [-0.4, -0.2) is 69.4 Å². The summed E-state index contributed by atoms with van der Waals surface area (Å²) in [5, 5.41) is 19.7. The van der Waals surface area contributed by atoms with Crippen molar-refractivity contribution in [2.75, 3.05) is 26.3 Å². The Bertz CT molecular complexity index is 2810. The van der Waals surface area contributed by atoms with Crippen molar-refractivity contribution in [1.29, 1.82) is 0 Å². The Kier molecular flexibility index (Phi) is 16.3. The van der Waals surface area contributed by atoms with Gasteiger partial charge in [0, 0.05) is 42.1 Å². The molecule has 9 rings (SSSR count). The van der Waals surface area contributed by atoms with Crippen LogP contribution in [0.25, 0.3) is 22.9 Å². The van der Waals surface area contributed by atoms with Crippen LogP contribution < -0.4 is 14.2 Å². The van der Waals surface area contributed by atoms with Gasteiger partial charge in [0.2, 0.25) is 11.8 Å². The Labute approximate surface area is 412 Å². The van der Waals surface area contributed by atoms with Crippen LogP contribution in [0.15, 0.2) is 142 Å². The molecule has 2 N–H and O–H groups in total. The topological polar surface area (TPSA) is 175 Å². The first-order chi connectivity index (χ1) is 33.9. The fourth-order valence-corrected chi connectivity index (χ4v) is 9.22. The van der Waals surface area contributed by atoms with Crippen molar-refractivity contribution in [3.05, 3.63) is 173 Å². The van der Waals surface area contributed by atoms with Crippen LogP contribution in [-0.2, 0) is 35.3 Å². The Balaban J connectivity index is 0.000000196. The molecule has 1 saturated carbocycles. The van der Waals surface area contributed by atoms with Gasteiger partial charge in [0.15, 0.2) is 0 Å². The fraction of sp³-hybridized carbons (Fsp3) is 0.304. The van der Waals surface area contributed by atoms with Crippen LogP contribution >= 0.6 is 11.6 Å². The summed E-state index contributed by atoms with van der Waals surface area (Å²) < 4.78 is 28.8. The first-order valence-corrected chi connectivity index (χ1v) is 24.0. The highest BCUT2D eigenvalue weighted by Crippen LogP contribution is 2.35. The summed E-state index contributed by atoms with van der Waals surface area (Å²) in [6, 6.07) is 41.7. The van der Waals surface area contributed by atoms with E-state index in [2.05, 4.69) is 9.97 Å². The molecule has 13 nitrogen and oxygen atoms in total. The molecule has 0 unspecified atom stereocenters. The zero-order valence-electron chi connectivity index (χ0n) is 39.2. The minimum atomic E-state index is -0.926. The van der Waals surface area contributed by atoms with Gasteiger partial charge in [-0.2, -0.15) is 0 Å². The lowest BCUT2D eigenvalue weighted by Crippen LogP contribution is -2.32. The Morgan fingerprint density at radius 2 is 1.07 bits per heavy atom. The number of hydrogen-bond donors (Lipinski definition) is 2. The lowest BCUT2D eigenvalue weighted by Gasteiger charge is -2.16. The monoisotopic (exact) mass is 965 g/mol. The molecule has 0 spiro atoms. The molecule has 0 bridgehead atoms. The molecular formula is C56H56ClN3O10. The zero-order chi connectivity index (χ0) is 49.0. The average molecular weight is 967 g/mol. The first kappa shape index (κ1) is 49.1. The smallest absolute Gasteiger partial charge is 0.415 e. The van der Waals surface area contributed by atoms with Crippen molar-refractivity contribution in [3.63, 3.8) is 0 Å². The van der Waals surface area contributed by atoms with E-state index in [1.54, 1.807) is 24.3 Å². The van der Waals surface area contributed by atoms with E-state index in [4.69, 9.17) is 34.6 Å². The van der Waals surface area contributed by atoms with Gasteiger partial charge >= 0.3 is 18.0 Å². The van der Waals surface area contributed by atoms with Gasteiger partial charge in [0.1, 0.15) is 28.8 Å². The molecule has 14 heteroatoms. The Hall–Kier alpha value is -7.38. The molecular weight excluding hydrogens is 910 g/mol. The molecule has 70 heavy (non-hydrogen) atoms. The number of halogens is 1.